The molecule has 0 aromatic heterocycles. The SMILES string of the molecule is COc1ccc(C2(O)CC(O[Si](C)(C)C(C)(C)C)C=C2c2cc(OC)c(OC)c(OC)c2)cc1. The van der Waals surface area contributed by atoms with E-state index in [1.54, 1.807) is 28.4 Å². The van der Waals surface area contributed by atoms with Crippen molar-refractivity contribution in [3.8, 4) is 23.0 Å². The van der Waals surface area contributed by atoms with Crippen molar-refractivity contribution in [3.05, 3.63) is 53.6 Å². The molecule has 2 aromatic carbocycles. The summed E-state index contributed by atoms with van der Waals surface area (Å²) in [5.41, 5.74) is 1.05. The van der Waals surface area contributed by atoms with Crippen molar-refractivity contribution in [2.75, 3.05) is 28.4 Å². The highest BCUT2D eigenvalue weighted by atomic mass is 28.4. The summed E-state index contributed by atoms with van der Waals surface area (Å²) in [4.78, 5) is 0. The lowest BCUT2D eigenvalue weighted by Gasteiger charge is -2.38. The molecule has 0 saturated carbocycles. The van der Waals surface area contributed by atoms with Gasteiger partial charge in [-0.25, -0.2) is 0 Å². The topological polar surface area (TPSA) is 66.4 Å². The molecule has 0 spiro atoms. The number of hydrogen-bond donors (Lipinski definition) is 1. The minimum atomic E-state index is -2.07. The molecule has 0 fully saturated rings. The van der Waals surface area contributed by atoms with Crippen molar-refractivity contribution in [2.24, 2.45) is 0 Å². The molecule has 0 heterocycles. The van der Waals surface area contributed by atoms with Gasteiger partial charge in [0.15, 0.2) is 19.8 Å². The van der Waals surface area contributed by atoms with E-state index >= 15 is 0 Å². The van der Waals surface area contributed by atoms with E-state index in [1.165, 1.54) is 0 Å². The minimum absolute atomic E-state index is 0.0500. The average molecular weight is 487 g/mol. The summed E-state index contributed by atoms with van der Waals surface area (Å²) in [6, 6.07) is 11.3. The van der Waals surface area contributed by atoms with Crippen molar-refractivity contribution in [1.82, 2.24) is 0 Å². The van der Waals surface area contributed by atoms with Gasteiger partial charge in [0.2, 0.25) is 5.75 Å². The summed E-state index contributed by atoms with van der Waals surface area (Å²) in [5.74, 6) is 2.30. The molecule has 1 aliphatic carbocycles. The Morgan fingerprint density at radius 2 is 1.44 bits per heavy atom. The number of benzene rings is 2. The van der Waals surface area contributed by atoms with Crippen LogP contribution in [0.15, 0.2) is 42.5 Å². The molecular formula is C27H38O6Si. The highest BCUT2D eigenvalue weighted by molar-refractivity contribution is 6.74. The van der Waals surface area contributed by atoms with Crippen LogP contribution in [0.4, 0.5) is 0 Å². The third-order valence-corrected chi connectivity index (χ3v) is 11.6. The predicted octanol–water partition coefficient (Wildman–Crippen LogP) is 5.79. The molecule has 0 radical (unpaired) electrons. The number of aliphatic hydroxyl groups is 1. The van der Waals surface area contributed by atoms with E-state index in [0.29, 0.717) is 23.7 Å². The van der Waals surface area contributed by atoms with Crippen LogP contribution in [-0.4, -0.2) is 48.0 Å². The van der Waals surface area contributed by atoms with Gasteiger partial charge in [-0.2, -0.15) is 0 Å². The molecule has 2 aromatic rings. The second kappa shape index (κ2) is 9.64. The lowest BCUT2D eigenvalue weighted by molar-refractivity contribution is 0.0656. The quantitative estimate of drug-likeness (QED) is 0.477. The van der Waals surface area contributed by atoms with E-state index in [2.05, 4.69) is 33.9 Å². The van der Waals surface area contributed by atoms with Crippen LogP contribution in [0.1, 0.15) is 38.3 Å². The van der Waals surface area contributed by atoms with Crippen LogP contribution in [-0.2, 0) is 10.0 Å². The Hall–Kier alpha value is -2.48. The molecule has 0 aliphatic heterocycles. The van der Waals surface area contributed by atoms with Crippen molar-refractivity contribution >= 4 is 13.9 Å². The molecule has 7 heteroatoms. The molecule has 34 heavy (non-hydrogen) atoms. The summed E-state index contributed by atoms with van der Waals surface area (Å²) >= 11 is 0. The fourth-order valence-corrected chi connectivity index (χ4v) is 5.39. The molecule has 0 bridgehead atoms. The Bertz CT molecular complexity index is 1010. The van der Waals surface area contributed by atoms with E-state index in [-0.39, 0.29) is 11.1 Å². The van der Waals surface area contributed by atoms with Crippen LogP contribution >= 0.6 is 0 Å². The highest BCUT2D eigenvalue weighted by Gasteiger charge is 2.46. The lowest BCUT2D eigenvalue weighted by Crippen LogP contribution is -2.43. The molecule has 2 atom stereocenters. The summed E-state index contributed by atoms with van der Waals surface area (Å²) < 4.78 is 28.7. The van der Waals surface area contributed by atoms with Crippen LogP contribution in [0.2, 0.25) is 18.1 Å². The molecular weight excluding hydrogens is 448 g/mol. The summed E-state index contributed by atoms with van der Waals surface area (Å²) in [5, 5.41) is 12.2. The fraction of sp³-hybridized carbons (Fsp3) is 0.481. The first-order valence-electron chi connectivity index (χ1n) is 11.5. The Labute approximate surface area is 204 Å². The van der Waals surface area contributed by atoms with Gasteiger partial charge in [0.05, 0.1) is 34.5 Å². The number of hydrogen-bond acceptors (Lipinski definition) is 6. The van der Waals surface area contributed by atoms with Crippen LogP contribution in [0, 0.1) is 0 Å². The normalized spacial score (nSPS) is 20.6. The maximum Gasteiger partial charge on any atom is 0.203 e. The summed E-state index contributed by atoms with van der Waals surface area (Å²) in [6.45, 7) is 11.1. The Kier molecular flexibility index (Phi) is 7.41. The summed E-state index contributed by atoms with van der Waals surface area (Å²) in [7, 11) is 4.30. The van der Waals surface area contributed by atoms with Crippen molar-refractivity contribution in [1.29, 1.82) is 0 Å². The van der Waals surface area contributed by atoms with E-state index in [4.69, 9.17) is 23.4 Å². The van der Waals surface area contributed by atoms with Gasteiger partial charge < -0.3 is 28.5 Å². The molecule has 1 N–H and O–H groups in total. The number of methoxy groups -OCH3 is 4. The molecule has 0 saturated heterocycles. The van der Waals surface area contributed by atoms with Gasteiger partial charge in [-0.3, -0.25) is 0 Å². The van der Waals surface area contributed by atoms with Gasteiger partial charge in [-0.1, -0.05) is 32.9 Å². The van der Waals surface area contributed by atoms with Crippen molar-refractivity contribution < 1.29 is 28.5 Å². The summed E-state index contributed by atoms with van der Waals surface area (Å²) in [6.07, 6.45) is 2.23. The average Bonchev–Trinajstić information content (AvgIpc) is 3.13. The third-order valence-electron chi connectivity index (χ3n) is 7.09. The van der Waals surface area contributed by atoms with Gasteiger partial charge in [0.1, 0.15) is 11.4 Å². The highest BCUT2D eigenvalue weighted by Crippen LogP contribution is 2.51. The van der Waals surface area contributed by atoms with E-state index in [0.717, 1.165) is 22.4 Å². The van der Waals surface area contributed by atoms with Gasteiger partial charge >= 0.3 is 0 Å². The zero-order valence-electron chi connectivity index (χ0n) is 21.8. The van der Waals surface area contributed by atoms with Gasteiger partial charge in [0.25, 0.3) is 0 Å². The first-order chi connectivity index (χ1) is 15.9. The van der Waals surface area contributed by atoms with Crippen LogP contribution in [0.5, 0.6) is 23.0 Å². The first-order valence-corrected chi connectivity index (χ1v) is 14.4. The monoisotopic (exact) mass is 486 g/mol. The Balaban J connectivity index is 2.15. The smallest absolute Gasteiger partial charge is 0.203 e. The van der Waals surface area contributed by atoms with Crippen molar-refractivity contribution in [3.63, 3.8) is 0 Å². The van der Waals surface area contributed by atoms with Crippen LogP contribution in [0.3, 0.4) is 0 Å². The van der Waals surface area contributed by atoms with Gasteiger partial charge in [-0.15, -0.1) is 0 Å². The minimum Gasteiger partial charge on any atom is -0.497 e. The molecule has 6 nitrogen and oxygen atoms in total. The Morgan fingerprint density at radius 1 is 0.882 bits per heavy atom. The van der Waals surface area contributed by atoms with E-state index < -0.39 is 13.9 Å². The molecule has 1 aliphatic rings. The maximum absolute atomic E-state index is 12.2. The largest absolute Gasteiger partial charge is 0.497 e. The van der Waals surface area contributed by atoms with Crippen LogP contribution in [0.25, 0.3) is 5.57 Å². The second-order valence-corrected chi connectivity index (χ2v) is 15.0. The lowest BCUT2D eigenvalue weighted by atomic mass is 9.83. The van der Waals surface area contributed by atoms with Crippen LogP contribution < -0.4 is 18.9 Å². The first kappa shape index (κ1) is 26.1. The standard InChI is InChI=1S/C27H38O6Si/c1-26(2,3)34(8,9)33-21-16-22(18-14-23(30-5)25(32-7)24(15-18)31-6)27(28,17-21)19-10-12-20(29-4)13-11-19/h10-16,21,28H,17H2,1-9H3. The van der Waals surface area contributed by atoms with Gasteiger partial charge in [0, 0.05) is 6.42 Å². The zero-order chi connectivity index (χ0) is 25.3. The third kappa shape index (κ3) is 4.83. The number of rotatable bonds is 8. The Morgan fingerprint density at radius 3 is 1.88 bits per heavy atom. The predicted molar refractivity (Wildman–Crippen MR) is 138 cm³/mol. The van der Waals surface area contributed by atoms with Crippen molar-refractivity contribution in [2.45, 2.75) is 57.0 Å². The fourth-order valence-electron chi connectivity index (χ4n) is 4.13. The second-order valence-electron chi connectivity index (χ2n) is 10.2. The molecule has 3 rings (SSSR count). The van der Waals surface area contributed by atoms with Gasteiger partial charge in [-0.05, 0) is 65.2 Å². The maximum atomic E-state index is 12.2. The molecule has 0 amide bonds. The van der Waals surface area contributed by atoms with E-state index in [9.17, 15) is 5.11 Å². The molecule has 186 valence electrons. The zero-order valence-corrected chi connectivity index (χ0v) is 22.8. The number of ether oxygens (including phenoxy) is 4. The molecule has 2 unspecified atom stereocenters. The van der Waals surface area contributed by atoms with E-state index in [1.807, 2.05) is 42.5 Å².